The SMILES string of the molecule is CC(C)(C)n1cnc2c(NCC(C)(C)n3cnc4c(C5CC5)ncnc43)ncnc21. The molecule has 5 rings (SSSR count). The van der Waals surface area contributed by atoms with Gasteiger partial charge in [-0.05, 0) is 47.5 Å². The van der Waals surface area contributed by atoms with E-state index in [9.17, 15) is 0 Å². The maximum atomic E-state index is 4.65. The summed E-state index contributed by atoms with van der Waals surface area (Å²) in [6.07, 6.45) is 9.32. The van der Waals surface area contributed by atoms with Gasteiger partial charge in [0.2, 0.25) is 0 Å². The first kappa shape index (κ1) is 18.9. The molecular weight excluding hydrogens is 378 g/mol. The van der Waals surface area contributed by atoms with E-state index in [2.05, 4.69) is 79.0 Å². The summed E-state index contributed by atoms with van der Waals surface area (Å²) in [4.78, 5) is 27.1. The van der Waals surface area contributed by atoms with Crippen LogP contribution in [0.25, 0.3) is 22.3 Å². The second kappa shape index (κ2) is 6.45. The molecule has 1 saturated carbocycles. The van der Waals surface area contributed by atoms with Crippen LogP contribution in [-0.4, -0.2) is 45.6 Å². The first-order valence-corrected chi connectivity index (χ1v) is 10.4. The Morgan fingerprint density at radius 1 is 0.833 bits per heavy atom. The van der Waals surface area contributed by atoms with Gasteiger partial charge in [-0.2, -0.15) is 0 Å². The van der Waals surface area contributed by atoms with Crippen molar-refractivity contribution in [1.82, 2.24) is 39.0 Å². The molecule has 0 bridgehead atoms. The normalized spacial score (nSPS) is 15.2. The monoisotopic (exact) mass is 405 g/mol. The molecule has 0 atom stereocenters. The molecule has 1 fully saturated rings. The third-order valence-corrected chi connectivity index (χ3v) is 5.72. The zero-order chi connectivity index (χ0) is 21.1. The number of imidazole rings is 2. The molecule has 0 amide bonds. The first-order valence-electron chi connectivity index (χ1n) is 10.4. The van der Waals surface area contributed by atoms with Crippen molar-refractivity contribution in [1.29, 1.82) is 0 Å². The Morgan fingerprint density at radius 3 is 2.17 bits per heavy atom. The molecule has 9 nitrogen and oxygen atoms in total. The van der Waals surface area contributed by atoms with Crippen molar-refractivity contribution < 1.29 is 0 Å². The summed E-state index contributed by atoms with van der Waals surface area (Å²) < 4.78 is 4.19. The molecule has 0 aromatic carbocycles. The third-order valence-electron chi connectivity index (χ3n) is 5.72. The van der Waals surface area contributed by atoms with Crippen molar-refractivity contribution in [2.45, 2.75) is 64.5 Å². The molecule has 1 aliphatic rings. The van der Waals surface area contributed by atoms with E-state index in [1.54, 1.807) is 12.7 Å². The van der Waals surface area contributed by atoms with Gasteiger partial charge in [0.1, 0.15) is 23.7 Å². The maximum absolute atomic E-state index is 4.65. The molecule has 0 saturated heterocycles. The van der Waals surface area contributed by atoms with E-state index >= 15 is 0 Å². The third kappa shape index (κ3) is 3.09. The minimum Gasteiger partial charge on any atom is -0.366 e. The van der Waals surface area contributed by atoms with Gasteiger partial charge in [-0.25, -0.2) is 29.9 Å². The van der Waals surface area contributed by atoms with Crippen LogP contribution in [0.5, 0.6) is 0 Å². The second-order valence-corrected chi connectivity index (χ2v) is 9.67. The molecule has 4 heterocycles. The number of hydrogen-bond acceptors (Lipinski definition) is 7. The maximum Gasteiger partial charge on any atom is 0.165 e. The smallest absolute Gasteiger partial charge is 0.165 e. The van der Waals surface area contributed by atoms with Crippen LogP contribution >= 0.6 is 0 Å². The molecule has 0 unspecified atom stereocenters. The highest BCUT2D eigenvalue weighted by molar-refractivity contribution is 5.83. The lowest BCUT2D eigenvalue weighted by Crippen LogP contribution is -2.34. The second-order valence-electron chi connectivity index (χ2n) is 9.67. The van der Waals surface area contributed by atoms with Gasteiger partial charge in [0, 0.05) is 18.0 Å². The lowest BCUT2D eigenvalue weighted by molar-refractivity contribution is 0.386. The molecule has 0 radical (unpaired) electrons. The minimum absolute atomic E-state index is 0.103. The molecule has 30 heavy (non-hydrogen) atoms. The fourth-order valence-electron chi connectivity index (χ4n) is 3.79. The van der Waals surface area contributed by atoms with Crippen LogP contribution in [0.3, 0.4) is 0 Å². The molecule has 9 heteroatoms. The van der Waals surface area contributed by atoms with Crippen molar-refractivity contribution >= 4 is 28.1 Å². The lowest BCUT2D eigenvalue weighted by Gasteiger charge is -2.27. The van der Waals surface area contributed by atoms with Gasteiger partial charge in [-0.3, -0.25) is 0 Å². The van der Waals surface area contributed by atoms with Gasteiger partial charge in [-0.15, -0.1) is 0 Å². The zero-order valence-electron chi connectivity index (χ0n) is 18.1. The van der Waals surface area contributed by atoms with Crippen molar-refractivity contribution in [2.24, 2.45) is 0 Å². The average Bonchev–Trinajstić information content (AvgIpc) is 3.26. The number of nitrogens with zero attached hydrogens (tertiary/aromatic N) is 8. The summed E-state index contributed by atoms with van der Waals surface area (Å²) in [6.45, 7) is 11.4. The van der Waals surface area contributed by atoms with Crippen molar-refractivity contribution in [3.63, 3.8) is 0 Å². The summed E-state index contributed by atoms with van der Waals surface area (Å²) in [5, 5.41) is 3.48. The Balaban J connectivity index is 1.45. The van der Waals surface area contributed by atoms with E-state index in [0.717, 1.165) is 33.8 Å². The number of hydrogen-bond donors (Lipinski definition) is 1. The molecule has 4 aromatic heterocycles. The van der Waals surface area contributed by atoms with Gasteiger partial charge in [-0.1, -0.05) is 0 Å². The Bertz CT molecular complexity index is 1220. The number of anilines is 1. The predicted molar refractivity (Wildman–Crippen MR) is 115 cm³/mol. The van der Waals surface area contributed by atoms with Crippen LogP contribution in [0.2, 0.25) is 0 Å². The summed E-state index contributed by atoms with van der Waals surface area (Å²) in [5.41, 5.74) is 4.09. The topological polar surface area (TPSA) is 99.2 Å². The fraction of sp³-hybridized carbons (Fsp3) is 0.524. The van der Waals surface area contributed by atoms with Gasteiger partial charge < -0.3 is 14.5 Å². The largest absolute Gasteiger partial charge is 0.366 e. The number of fused-ring (bicyclic) bond motifs is 2. The Kier molecular flexibility index (Phi) is 4.06. The number of rotatable bonds is 5. The molecular formula is C21H27N9. The highest BCUT2D eigenvalue weighted by Gasteiger charge is 2.31. The Hall–Kier alpha value is -3.10. The van der Waals surface area contributed by atoms with Crippen LogP contribution in [0, 0.1) is 0 Å². The van der Waals surface area contributed by atoms with E-state index in [4.69, 9.17) is 0 Å². The van der Waals surface area contributed by atoms with Crippen molar-refractivity contribution in [3.8, 4) is 0 Å². The Morgan fingerprint density at radius 2 is 1.47 bits per heavy atom. The zero-order valence-corrected chi connectivity index (χ0v) is 18.1. The minimum atomic E-state index is -0.284. The fourth-order valence-corrected chi connectivity index (χ4v) is 3.79. The summed E-state index contributed by atoms with van der Waals surface area (Å²) in [7, 11) is 0. The van der Waals surface area contributed by atoms with E-state index in [1.165, 1.54) is 12.8 Å². The van der Waals surface area contributed by atoms with E-state index in [-0.39, 0.29) is 11.1 Å². The summed E-state index contributed by atoms with van der Waals surface area (Å²) >= 11 is 0. The van der Waals surface area contributed by atoms with Gasteiger partial charge in [0.25, 0.3) is 0 Å². The molecule has 1 aliphatic carbocycles. The number of nitrogens with one attached hydrogen (secondary N) is 1. The van der Waals surface area contributed by atoms with E-state index < -0.39 is 0 Å². The molecule has 0 spiro atoms. The Labute approximate surface area is 175 Å². The lowest BCUT2D eigenvalue weighted by atomic mass is 10.1. The first-order chi connectivity index (χ1) is 14.3. The quantitative estimate of drug-likeness (QED) is 0.543. The van der Waals surface area contributed by atoms with Crippen LogP contribution in [0.15, 0.2) is 25.3 Å². The highest BCUT2D eigenvalue weighted by atomic mass is 15.2. The van der Waals surface area contributed by atoms with E-state index in [1.807, 2.05) is 12.7 Å². The van der Waals surface area contributed by atoms with Gasteiger partial charge >= 0.3 is 0 Å². The number of aromatic nitrogens is 8. The van der Waals surface area contributed by atoms with E-state index in [0.29, 0.717) is 12.5 Å². The van der Waals surface area contributed by atoms with Crippen LogP contribution in [-0.2, 0) is 11.1 Å². The van der Waals surface area contributed by atoms with Gasteiger partial charge in [0.05, 0.1) is 23.9 Å². The van der Waals surface area contributed by atoms with Crippen LogP contribution < -0.4 is 5.32 Å². The van der Waals surface area contributed by atoms with Crippen molar-refractivity contribution in [3.05, 3.63) is 31.0 Å². The highest BCUT2D eigenvalue weighted by Crippen LogP contribution is 2.41. The van der Waals surface area contributed by atoms with Crippen LogP contribution in [0.1, 0.15) is 59.1 Å². The predicted octanol–water partition coefficient (Wildman–Crippen LogP) is 3.45. The standard InChI is InChI=1S/C21H27N9/c1-20(2,3)29-11-28-16-17(24-10-26-19(16)29)22-8-21(4,5)30-12-27-15-14(13-6-7-13)23-9-25-18(15)30/h9-13H,6-8H2,1-5H3,(H,22,24,26). The van der Waals surface area contributed by atoms with Crippen LogP contribution in [0.4, 0.5) is 5.82 Å². The van der Waals surface area contributed by atoms with Gasteiger partial charge in [0.15, 0.2) is 17.1 Å². The molecule has 1 N–H and O–H groups in total. The average molecular weight is 406 g/mol. The molecule has 0 aliphatic heterocycles. The summed E-state index contributed by atoms with van der Waals surface area (Å²) in [6, 6.07) is 0. The molecule has 156 valence electrons. The summed E-state index contributed by atoms with van der Waals surface area (Å²) in [5.74, 6) is 1.26. The molecule has 4 aromatic rings. The van der Waals surface area contributed by atoms with Crippen molar-refractivity contribution in [2.75, 3.05) is 11.9 Å².